The molecule has 2 rings (SSSR count). The first-order valence-corrected chi connectivity index (χ1v) is 7.51. The van der Waals surface area contributed by atoms with E-state index in [4.69, 9.17) is 10.5 Å². The maximum Gasteiger partial charge on any atom is 0.307 e. The van der Waals surface area contributed by atoms with Crippen LogP contribution in [0.15, 0.2) is 30.3 Å². The van der Waals surface area contributed by atoms with Crippen LogP contribution in [0, 0.1) is 24.4 Å². The summed E-state index contributed by atoms with van der Waals surface area (Å²) in [7, 11) is 0. The maximum atomic E-state index is 14.8. The molecule has 0 aliphatic carbocycles. The second kappa shape index (κ2) is 8.87. The fourth-order valence-corrected chi connectivity index (χ4v) is 2.50. The zero-order chi connectivity index (χ0) is 17.9. The van der Waals surface area contributed by atoms with Gasteiger partial charge >= 0.3 is 5.97 Å². The van der Waals surface area contributed by atoms with E-state index in [-0.39, 0.29) is 42.1 Å². The second-order valence-corrected chi connectivity index (χ2v) is 5.38. The molecule has 3 nitrogen and oxygen atoms in total. The Balaban J connectivity index is 0.00000312. The largest absolute Gasteiger partial charge is 0.466 e. The third-order valence-corrected chi connectivity index (χ3v) is 3.64. The van der Waals surface area contributed by atoms with Gasteiger partial charge in [0.15, 0.2) is 0 Å². The molecule has 25 heavy (non-hydrogen) atoms. The van der Waals surface area contributed by atoms with Gasteiger partial charge < -0.3 is 10.5 Å². The molecule has 136 valence electrons. The summed E-state index contributed by atoms with van der Waals surface area (Å²) in [5.41, 5.74) is 5.39. The van der Waals surface area contributed by atoms with Crippen LogP contribution in [0.1, 0.15) is 30.5 Å². The van der Waals surface area contributed by atoms with Crippen molar-refractivity contribution in [3.05, 3.63) is 58.9 Å². The van der Waals surface area contributed by atoms with Crippen LogP contribution in [0.2, 0.25) is 0 Å². The van der Waals surface area contributed by atoms with Crippen LogP contribution in [0.4, 0.5) is 13.2 Å². The number of aryl methyl sites for hydroxylation is 1. The molecule has 2 aromatic rings. The first-order valence-electron chi connectivity index (χ1n) is 7.51. The van der Waals surface area contributed by atoms with Gasteiger partial charge in [0.2, 0.25) is 0 Å². The van der Waals surface area contributed by atoms with Gasteiger partial charge in [-0.2, -0.15) is 0 Å². The summed E-state index contributed by atoms with van der Waals surface area (Å²) >= 11 is 0. The lowest BCUT2D eigenvalue weighted by molar-refractivity contribution is -0.143. The highest BCUT2D eigenvalue weighted by Crippen LogP contribution is 2.33. The van der Waals surface area contributed by atoms with Gasteiger partial charge in [0.05, 0.1) is 13.0 Å². The van der Waals surface area contributed by atoms with E-state index >= 15 is 0 Å². The molecule has 0 fully saturated rings. The Labute approximate surface area is 150 Å². The Bertz CT molecular complexity index is 768. The Morgan fingerprint density at radius 3 is 2.40 bits per heavy atom. The number of hydrogen-bond acceptors (Lipinski definition) is 3. The molecule has 0 spiro atoms. The predicted molar refractivity (Wildman–Crippen MR) is 91.9 cm³/mol. The summed E-state index contributed by atoms with van der Waals surface area (Å²) in [4.78, 5) is 11.5. The van der Waals surface area contributed by atoms with Crippen LogP contribution in [-0.2, 0) is 9.53 Å². The molecule has 1 unspecified atom stereocenters. The molecule has 0 aliphatic rings. The van der Waals surface area contributed by atoms with Crippen LogP contribution < -0.4 is 5.73 Å². The summed E-state index contributed by atoms with van der Waals surface area (Å²) in [5, 5.41) is 0. The summed E-state index contributed by atoms with van der Waals surface area (Å²) in [6.07, 6.45) is -0.373. The van der Waals surface area contributed by atoms with Crippen LogP contribution in [0.5, 0.6) is 0 Å². The van der Waals surface area contributed by atoms with E-state index in [0.717, 1.165) is 0 Å². The zero-order valence-electron chi connectivity index (χ0n) is 13.8. The minimum atomic E-state index is -1.23. The maximum absolute atomic E-state index is 14.8. The number of carbonyl (C=O) groups is 1. The summed E-state index contributed by atoms with van der Waals surface area (Å²) in [6, 6.07) is 5.60. The molecule has 2 N–H and O–H groups in total. The van der Waals surface area contributed by atoms with Gasteiger partial charge in [-0.15, -0.1) is 12.4 Å². The number of nitrogens with two attached hydrogens (primary N) is 1. The van der Waals surface area contributed by atoms with Gasteiger partial charge in [-0.1, -0.05) is 18.2 Å². The van der Waals surface area contributed by atoms with Crippen molar-refractivity contribution in [2.24, 2.45) is 5.73 Å². The number of benzene rings is 2. The number of esters is 1. The highest BCUT2D eigenvalue weighted by molar-refractivity contribution is 5.85. The fourth-order valence-electron chi connectivity index (χ4n) is 2.50. The third kappa shape index (κ3) is 4.52. The predicted octanol–water partition coefficient (Wildman–Crippen LogP) is 4.45. The quantitative estimate of drug-likeness (QED) is 0.787. The minimum Gasteiger partial charge on any atom is -0.466 e. The smallest absolute Gasteiger partial charge is 0.307 e. The lowest BCUT2D eigenvalue weighted by Gasteiger charge is -2.17. The van der Waals surface area contributed by atoms with Crippen molar-refractivity contribution in [2.75, 3.05) is 6.61 Å². The molecule has 0 aliphatic heterocycles. The Kier molecular flexibility index (Phi) is 7.45. The molecule has 0 bridgehead atoms. The summed E-state index contributed by atoms with van der Waals surface area (Å²) in [5.74, 6) is -3.10. The van der Waals surface area contributed by atoms with Crippen molar-refractivity contribution in [1.29, 1.82) is 0 Å². The molecular formula is C18H19ClF3NO2. The number of carbonyl (C=O) groups excluding carboxylic acids is 1. The van der Waals surface area contributed by atoms with Crippen LogP contribution >= 0.6 is 12.4 Å². The van der Waals surface area contributed by atoms with Crippen LogP contribution in [0.3, 0.4) is 0 Å². The van der Waals surface area contributed by atoms with E-state index in [1.54, 1.807) is 13.0 Å². The normalized spacial score (nSPS) is 11.6. The van der Waals surface area contributed by atoms with Crippen LogP contribution in [-0.4, -0.2) is 12.6 Å². The molecule has 0 radical (unpaired) electrons. The molecule has 0 saturated heterocycles. The number of hydrogen-bond donors (Lipinski definition) is 1. The van der Waals surface area contributed by atoms with E-state index < -0.39 is 35.0 Å². The number of rotatable bonds is 5. The standard InChI is InChI=1S/C18H18F3NO2.ClH/c1-3-24-15(23)9-14(22)16-17(20)10(2)8-12(18(16)21)11-6-4-5-7-13(11)19;/h4-8,14H,3,9,22H2,1-2H3;1H. The lowest BCUT2D eigenvalue weighted by atomic mass is 9.94. The Morgan fingerprint density at radius 1 is 1.16 bits per heavy atom. The van der Waals surface area contributed by atoms with E-state index in [1.807, 2.05) is 0 Å². The third-order valence-electron chi connectivity index (χ3n) is 3.64. The summed E-state index contributed by atoms with van der Waals surface area (Å²) < 4.78 is 47.9. The molecule has 1 atom stereocenters. The van der Waals surface area contributed by atoms with E-state index in [1.165, 1.54) is 31.2 Å². The van der Waals surface area contributed by atoms with Crippen molar-refractivity contribution in [1.82, 2.24) is 0 Å². The van der Waals surface area contributed by atoms with Crippen molar-refractivity contribution in [3.8, 4) is 11.1 Å². The monoisotopic (exact) mass is 373 g/mol. The highest BCUT2D eigenvalue weighted by atomic mass is 35.5. The van der Waals surface area contributed by atoms with Crippen molar-refractivity contribution in [3.63, 3.8) is 0 Å². The number of halogens is 4. The first kappa shape index (κ1) is 21.0. The lowest BCUT2D eigenvalue weighted by Crippen LogP contribution is -2.20. The van der Waals surface area contributed by atoms with Crippen molar-refractivity contribution < 1.29 is 22.7 Å². The first-order chi connectivity index (χ1) is 11.4. The Hall–Kier alpha value is -2.05. The molecule has 2 aromatic carbocycles. The molecule has 0 saturated carbocycles. The van der Waals surface area contributed by atoms with Gasteiger partial charge in [0.1, 0.15) is 17.5 Å². The topological polar surface area (TPSA) is 52.3 Å². The SMILES string of the molecule is CCOC(=O)CC(N)c1c(F)c(C)cc(-c2ccccc2F)c1F.Cl. The molecule has 7 heteroatoms. The average Bonchev–Trinajstić information content (AvgIpc) is 2.52. The average molecular weight is 374 g/mol. The van der Waals surface area contributed by atoms with Gasteiger partial charge in [0, 0.05) is 22.7 Å². The van der Waals surface area contributed by atoms with Gasteiger partial charge in [0.25, 0.3) is 0 Å². The zero-order valence-corrected chi connectivity index (χ0v) is 14.6. The van der Waals surface area contributed by atoms with Gasteiger partial charge in [-0.25, -0.2) is 13.2 Å². The van der Waals surface area contributed by atoms with E-state index in [0.29, 0.717) is 0 Å². The minimum absolute atomic E-state index is 0. The summed E-state index contributed by atoms with van der Waals surface area (Å²) in [6.45, 7) is 3.19. The van der Waals surface area contributed by atoms with E-state index in [2.05, 4.69) is 0 Å². The molecule has 0 amide bonds. The van der Waals surface area contributed by atoms with Gasteiger partial charge in [-0.3, -0.25) is 4.79 Å². The van der Waals surface area contributed by atoms with Gasteiger partial charge in [-0.05, 0) is 31.5 Å². The number of ether oxygens (including phenoxy) is 1. The van der Waals surface area contributed by atoms with Crippen LogP contribution in [0.25, 0.3) is 11.1 Å². The fraction of sp³-hybridized carbons (Fsp3) is 0.278. The van der Waals surface area contributed by atoms with E-state index in [9.17, 15) is 18.0 Å². The Morgan fingerprint density at radius 2 is 1.80 bits per heavy atom. The molecule has 0 aromatic heterocycles. The molecule has 0 heterocycles. The second-order valence-electron chi connectivity index (χ2n) is 5.38. The van der Waals surface area contributed by atoms with Crippen molar-refractivity contribution >= 4 is 18.4 Å². The van der Waals surface area contributed by atoms with Crippen molar-refractivity contribution in [2.45, 2.75) is 26.3 Å². The highest BCUT2D eigenvalue weighted by Gasteiger charge is 2.25. The molecular weight excluding hydrogens is 355 g/mol.